The first-order valence-corrected chi connectivity index (χ1v) is 10.2. The van der Waals surface area contributed by atoms with E-state index in [0.717, 1.165) is 22.3 Å². The third-order valence-electron chi connectivity index (χ3n) is 4.49. The van der Waals surface area contributed by atoms with Crippen LogP contribution < -0.4 is 16.4 Å². The fourth-order valence-electron chi connectivity index (χ4n) is 2.90. The Morgan fingerprint density at radius 1 is 1.06 bits per heavy atom. The predicted molar refractivity (Wildman–Crippen MR) is 126 cm³/mol. The molecule has 1 aromatic carbocycles. The summed E-state index contributed by atoms with van der Waals surface area (Å²) in [7, 11) is 0. The van der Waals surface area contributed by atoms with Crippen LogP contribution in [0.15, 0.2) is 65.3 Å². The van der Waals surface area contributed by atoms with Gasteiger partial charge >= 0.3 is 0 Å². The molecule has 0 fully saturated rings. The number of aryl methyl sites for hydroxylation is 1. The standard InChI is InChI=1S/C24H26N6O2/c1-15(2)28-24(32)22-6-4-5-21(30-22)23(31)27-14-17(12-25)13-26-19-9-10-20-18(11-19)8-7-16(3)29-20/h4-13,15H,14,25H2,1-3H3,(H,27,31)(H,28,32). The molecule has 0 saturated heterocycles. The van der Waals surface area contributed by atoms with Gasteiger partial charge in [0.2, 0.25) is 0 Å². The Hall–Kier alpha value is -4.07. The number of fused-ring (bicyclic) bond motifs is 1. The summed E-state index contributed by atoms with van der Waals surface area (Å²) in [6.07, 6.45) is 2.98. The van der Waals surface area contributed by atoms with Crippen molar-refractivity contribution in [3.05, 3.63) is 77.4 Å². The zero-order chi connectivity index (χ0) is 23.1. The largest absolute Gasteiger partial charge is 0.404 e. The molecule has 0 radical (unpaired) electrons. The molecule has 8 nitrogen and oxygen atoms in total. The van der Waals surface area contributed by atoms with Crippen LogP contribution in [0.5, 0.6) is 0 Å². The summed E-state index contributed by atoms with van der Waals surface area (Å²) in [5.74, 6) is -0.742. The van der Waals surface area contributed by atoms with Crippen molar-refractivity contribution in [3.63, 3.8) is 0 Å². The molecule has 2 aromatic heterocycles. The Bertz CT molecular complexity index is 1200. The highest BCUT2D eigenvalue weighted by Gasteiger charge is 2.13. The van der Waals surface area contributed by atoms with E-state index in [4.69, 9.17) is 5.73 Å². The van der Waals surface area contributed by atoms with E-state index in [-0.39, 0.29) is 29.9 Å². The zero-order valence-electron chi connectivity index (χ0n) is 18.3. The lowest BCUT2D eigenvalue weighted by atomic mass is 10.2. The number of benzene rings is 1. The molecule has 0 saturated carbocycles. The Morgan fingerprint density at radius 2 is 1.81 bits per heavy atom. The number of nitrogens with zero attached hydrogens (tertiary/aromatic N) is 3. The number of aromatic nitrogens is 2. The first-order chi connectivity index (χ1) is 15.4. The minimum Gasteiger partial charge on any atom is -0.404 e. The molecule has 0 atom stereocenters. The van der Waals surface area contributed by atoms with Crippen LogP contribution in [0.25, 0.3) is 10.9 Å². The number of carbonyl (C=O) groups excluding carboxylic acids is 2. The second kappa shape index (κ2) is 10.3. The number of rotatable bonds is 7. The van der Waals surface area contributed by atoms with Gasteiger partial charge in [-0.25, -0.2) is 4.98 Å². The van der Waals surface area contributed by atoms with E-state index in [1.54, 1.807) is 24.4 Å². The van der Waals surface area contributed by atoms with E-state index in [1.165, 1.54) is 6.20 Å². The van der Waals surface area contributed by atoms with Crippen LogP contribution >= 0.6 is 0 Å². The summed E-state index contributed by atoms with van der Waals surface area (Å²) in [5.41, 5.74) is 9.26. The maximum atomic E-state index is 12.5. The monoisotopic (exact) mass is 430 g/mol. The fraction of sp³-hybridized carbons (Fsp3) is 0.208. The normalized spacial score (nSPS) is 11.8. The van der Waals surface area contributed by atoms with E-state index in [0.29, 0.717) is 5.57 Å². The SMILES string of the molecule is Cc1ccc2cc(N=CC(=CN)CNC(=O)c3cccc(C(=O)NC(C)C)n3)ccc2n1. The lowest BCUT2D eigenvalue weighted by Crippen LogP contribution is -2.32. The van der Waals surface area contributed by atoms with Gasteiger partial charge in [-0.05, 0) is 57.2 Å². The molecule has 3 rings (SSSR count). The van der Waals surface area contributed by atoms with Gasteiger partial charge in [-0.1, -0.05) is 12.1 Å². The van der Waals surface area contributed by atoms with Crippen molar-refractivity contribution < 1.29 is 9.59 Å². The number of hydrogen-bond acceptors (Lipinski definition) is 6. The van der Waals surface area contributed by atoms with Crippen molar-refractivity contribution in [2.45, 2.75) is 26.8 Å². The molecule has 3 aromatic rings. The van der Waals surface area contributed by atoms with Crippen LogP contribution in [0.3, 0.4) is 0 Å². The number of nitrogens with one attached hydrogen (secondary N) is 2. The lowest BCUT2D eigenvalue weighted by Gasteiger charge is -2.09. The topological polar surface area (TPSA) is 122 Å². The molecular weight excluding hydrogens is 404 g/mol. The zero-order valence-corrected chi connectivity index (χ0v) is 18.3. The second-order valence-corrected chi connectivity index (χ2v) is 7.55. The summed E-state index contributed by atoms with van der Waals surface area (Å²) in [6, 6.07) is 14.4. The molecule has 8 heteroatoms. The van der Waals surface area contributed by atoms with E-state index in [2.05, 4.69) is 25.6 Å². The smallest absolute Gasteiger partial charge is 0.270 e. The van der Waals surface area contributed by atoms with Gasteiger partial charge in [-0.3, -0.25) is 19.6 Å². The minimum atomic E-state index is -0.413. The quantitative estimate of drug-likeness (QED) is 0.497. The molecule has 0 unspecified atom stereocenters. The Morgan fingerprint density at radius 3 is 2.53 bits per heavy atom. The van der Waals surface area contributed by atoms with Gasteiger partial charge in [0.25, 0.3) is 11.8 Å². The molecule has 2 heterocycles. The average molecular weight is 431 g/mol. The van der Waals surface area contributed by atoms with E-state index in [1.807, 2.05) is 51.1 Å². The van der Waals surface area contributed by atoms with Gasteiger partial charge in [0.1, 0.15) is 11.4 Å². The second-order valence-electron chi connectivity index (χ2n) is 7.55. The number of aliphatic imine (C=N–C) groups is 1. The Kier molecular flexibility index (Phi) is 7.28. The molecule has 32 heavy (non-hydrogen) atoms. The molecular formula is C24H26N6O2. The van der Waals surface area contributed by atoms with Crippen molar-refractivity contribution in [1.29, 1.82) is 0 Å². The van der Waals surface area contributed by atoms with Gasteiger partial charge in [0, 0.05) is 41.7 Å². The van der Waals surface area contributed by atoms with Crippen LogP contribution in [0.2, 0.25) is 0 Å². The van der Waals surface area contributed by atoms with Crippen LogP contribution in [0.1, 0.15) is 40.5 Å². The highest BCUT2D eigenvalue weighted by Crippen LogP contribution is 2.20. The van der Waals surface area contributed by atoms with Crippen molar-refractivity contribution in [1.82, 2.24) is 20.6 Å². The van der Waals surface area contributed by atoms with Crippen LogP contribution in [-0.2, 0) is 0 Å². The number of pyridine rings is 2. The molecule has 0 aliphatic heterocycles. The summed E-state index contributed by atoms with van der Waals surface area (Å²) < 4.78 is 0. The third kappa shape index (κ3) is 5.98. The summed E-state index contributed by atoms with van der Waals surface area (Å²) in [4.78, 5) is 37.7. The van der Waals surface area contributed by atoms with E-state index >= 15 is 0 Å². The van der Waals surface area contributed by atoms with Gasteiger partial charge in [0.05, 0.1) is 11.2 Å². The maximum absolute atomic E-state index is 12.5. The van der Waals surface area contributed by atoms with Crippen molar-refractivity contribution in [2.75, 3.05) is 6.54 Å². The van der Waals surface area contributed by atoms with Crippen LogP contribution in [0, 0.1) is 6.92 Å². The molecule has 2 amide bonds. The highest BCUT2D eigenvalue weighted by atomic mass is 16.2. The van der Waals surface area contributed by atoms with E-state index in [9.17, 15) is 9.59 Å². The molecule has 0 bridgehead atoms. The van der Waals surface area contributed by atoms with Crippen LogP contribution in [-0.4, -0.2) is 40.6 Å². The van der Waals surface area contributed by atoms with Gasteiger partial charge in [-0.15, -0.1) is 0 Å². The molecule has 0 spiro atoms. The first-order valence-electron chi connectivity index (χ1n) is 10.2. The fourth-order valence-corrected chi connectivity index (χ4v) is 2.90. The maximum Gasteiger partial charge on any atom is 0.270 e. The average Bonchev–Trinajstić information content (AvgIpc) is 2.78. The van der Waals surface area contributed by atoms with Crippen molar-refractivity contribution in [3.8, 4) is 0 Å². The number of amides is 2. The third-order valence-corrected chi connectivity index (χ3v) is 4.49. The Balaban J connectivity index is 1.63. The van der Waals surface area contributed by atoms with Crippen molar-refractivity contribution >= 4 is 34.6 Å². The predicted octanol–water partition coefficient (Wildman–Crippen LogP) is 3.05. The Labute approximate surface area is 186 Å². The molecule has 0 aliphatic rings. The number of nitrogens with two attached hydrogens (primary N) is 1. The van der Waals surface area contributed by atoms with E-state index < -0.39 is 5.91 Å². The van der Waals surface area contributed by atoms with Crippen LogP contribution in [0.4, 0.5) is 5.69 Å². The summed E-state index contributed by atoms with van der Waals surface area (Å²) in [6.45, 7) is 5.82. The van der Waals surface area contributed by atoms with Gasteiger partial charge in [-0.2, -0.15) is 0 Å². The molecule has 4 N–H and O–H groups in total. The first kappa shape index (κ1) is 22.6. The summed E-state index contributed by atoms with van der Waals surface area (Å²) in [5, 5.41) is 6.49. The number of carbonyl (C=O) groups is 2. The van der Waals surface area contributed by atoms with Gasteiger partial charge in [0.15, 0.2) is 0 Å². The lowest BCUT2D eigenvalue weighted by molar-refractivity contribution is 0.0937. The minimum absolute atomic E-state index is 0.0266. The van der Waals surface area contributed by atoms with Gasteiger partial charge < -0.3 is 16.4 Å². The summed E-state index contributed by atoms with van der Waals surface area (Å²) >= 11 is 0. The molecule has 0 aliphatic carbocycles. The highest BCUT2D eigenvalue weighted by molar-refractivity contribution is 5.97. The number of hydrogen-bond donors (Lipinski definition) is 3. The van der Waals surface area contributed by atoms with Crippen molar-refractivity contribution in [2.24, 2.45) is 10.7 Å². The molecule has 164 valence electrons.